The van der Waals surface area contributed by atoms with Gasteiger partial charge in [0.2, 0.25) is 0 Å². The summed E-state index contributed by atoms with van der Waals surface area (Å²) >= 11 is 5.64. The molecule has 1 aliphatic rings. The second-order valence-corrected chi connectivity index (χ2v) is 4.03. The molecule has 0 aromatic carbocycles. The van der Waals surface area contributed by atoms with Crippen LogP contribution in [-0.2, 0) is 4.74 Å². The zero-order valence-corrected chi connectivity index (χ0v) is 9.22. The number of unbranched alkanes of at least 4 members (excludes halogenated alkanes) is 1. The first-order chi connectivity index (χ1) is 6.38. The molecule has 0 saturated heterocycles. The molecule has 1 aliphatic carbocycles. The van der Waals surface area contributed by atoms with Crippen LogP contribution in [0.5, 0.6) is 0 Å². The van der Waals surface area contributed by atoms with E-state index in [0.29, 0.717) is 0 Å². The van der Waals surface area contributed by atoms with Gasteiger partial charge in [-0.05, 0) is 32.2 Å². The van der Waals surface area contributed by atoms with Crippen molar-refractivity contribution in [2.45, 2.75) is 31.7 Å². The standard InChI is InChI=1S/C10H20ClNO/c1-13-9-8-12(10-4-5-10)7-3-2-6-11/h10H,2-9H2,1H3. The lowest BCUT2D eigenvalue weighted by atomic mass is 10.3. The molecule has 0 aliphatic heterocycles. The number of nitrogens with zero attached hydrogens (tertiary/aromatic N) is 1. The zero-order chi connectivity index (χ0) is 9.52. The van der Waals surface area contributed by atoms with E-state index in [4.69, 9.17) is 16.3 Å². The molecule has 1 fully saturated rings. The van der Waals surface area contributed by atoms with E-state index in [1.54, 1.807) is 7.11 Å². The minimum Gasteiger partial charge on any atom is -0.383 e. The second kappa shape index (κ2) is 6.63. The maximum absolute atomic E-state index is 5.64. The molecular weight excluding hydrogens is 186 g/mol. The van der Waals surface area contributed by atoms with Crippen LogP contribution in [0, 0.1) is 0 Å². The lowest BCUT2D eigenvalue weighted by Gasteiger charge is -2.20. The van der Waals surface area contributed by atoms with Crippen LogP contribution in [0.1, 0.15) is 25.7 Å². The fourth-order valence-electron chi connectivity index (χ4n) is 1.53. The molecule has 1 saturated carbocycles. The molecule has 0 heterocycles. The Morgan fingerprint density at radius 2 is 2.08 bits per heavy atom. The maximum Gasteiger partial charge on any atom is 0.0589 e. The summed E-state index contributed by atoms with van der Waals surface area (Å²) in [5.41, 5.74) is 0. The molecule has 0 aromatic rings. The third-order valence-corrected chi connectivity index (χ3v) is 2.74. The number of hydrogen-bond donors (Lipinski definition) is 0. The normalized spacial score (nSPS) is 16.8. The highest BCUT2D eigenvalue weighted by Crippen LogP contribution is 2.26. The minimum atomic E-state index is 0.794. The highest BCUT2D eigenvalue weighted by atomic mass is 35.5. The number of hydrogen-bond acceptors (Lipinski definition) is 2. The third kappa shape index (κ3) is 4.84. The Kier molecular flexibility index (Phi) is 5.76. The van der Waals surface area contributed by atoms with Crippen molar-refractivity contribution in [3.05, 3.63) is 0 Å². The van der Waals surface area contributed by atoms with Crippen LogP contribution < -0.4 is 0 Å². The highest BCUT2D eigenvalue weighted by Gasteiger charge is 2.27. The third-order valence-electron chi connectivity index (χ3n) is 2.47. The summed E-state index contributed by atoms with van der Waals surface area (Å²) in [7, 11) is 1.77. The summed E-state index contributed by atoms with van der Waals surface area (Å²) in [5, 5.41) is 0. The lowest BCUT2D eigenvalue weighted by molar-refractivity contribution is 0.142. The topological polar surface area (TPSA) is 12.5 Å². The van der Waals surface area contributed by atoms with Gasteiger partial charge in [0.15, 0.2) is 0 Å². The van der Waals surface area contributed by atoms with Crippen LogP contribution in [0.25, 0.3) is 0 Å². The Bertz CT molecular complexity index is 128. The van der Waals surface area contributed by atoms with Gasteiger partial charge in [0, 0.05) is 25.6 Å². The molecule has 13 heavy (non-hydrogen) atoms. The van der Waals surface area contributed by atoms with Crippen LogP contribution in [0.15, 0.2) is 0 Å². The van der Waals surface area contributed by atoms with E-state index in [2.05, 4.69) is 4.90 Å². The van der Waals surface area contributed by atoms with E-state index >= 15 is 0 Å². The monoisotopic (exact) mass is 205 g/mol. The Balaban J connectivity index is 2.06. The van der Waals surface area contributed by atoms with Crippen LogP contribution in [0.2, 0.25) is 0 Å². The summed E-state index contributed by atoms with van der Waals surface area (Å²) in [6.45, 7) is 3.14. The van der Waals surface area contributed by atoms with Crippen LogP contribution in [-0.4, -0.2) is 43.6 Å². The molecule has 1 rings (SSSR count). The summed E-state index contributed by atoms with van der Waals surface area (Å²) in [5.74, 6) is 0.794. The van der Waals surface area contributed by atoms with E-state index in [-0.39, 0.29) is 0 Å². The first-order valence-electron chi connectivity index (χ1n) is 5.17. The molecule has 3 heteroatoms. The van der Waals surface area contributed by atoms with Crippen LogP contribution in [0.4, 0.5) is 0 Å². The summed E-state index contributed by atoms with van der Waals surface area (Å²) in [6, 6.07) is 0.852. The van der Waals surface area contributed by atoms with Crippen molar-refractivity contribution < 1.29 is 4.74 Å². The van der Waals surface area contributed by atoms with Gasteiger partial charge in [0.05, 0.1) is 6.61 Å². The maximum atomic E-state index is 5.64. The molecule has 0 radical (unpaired) electrons. The molecule has 0 atom stereocenters. The predicted molar refractivity (Wildman–Crippen MR) is 56.4 cm³/mol. The minimum absolute atomic E-state index is 0.794. The molecule has 0 aromatic heterocycles. The molecule has 0 bridgehead atoms. The van der Waals surface area contributed by atoms with Gasteiger partial charge in [-0.3, -0.25) is 4.90 Å². The first-order valence-corrected chi connectivity index (χ1v) is 5.71. The van der Waals surface area contributed by atoms with E-state index < -0.39 is 0 Å². The Morgan fingerprint density at radius 1 is 1.31 bits per heavy atom. The Morgan fingerprint density at radius 3 is 2.62 bits per heavy atom. The molecule has 0 spiro atoms. The molecule has 0 amide bonds. The second-order valence-electron chi connectivity index (χ2n) is 3.66. The number of methoxy groups -OCH3 is 1. The van der Waals surface area contributed by atoms with Crippen LogP contribution >= 0.6 is 11.6 Å². The van der Waals surface area contributed by atoms with Gasteiger partial charge >= 0.3 is 0 Å². The zero-order valence-electron chi connectivity index (χ0n) is 8.47. The quantitative estimate of drug-likeness (QED) is 0.445. The fourth-order valence-corrected chi connectivity index (χ4v) is 1.72. The van der Waals surface area contributed by atoms with Gasteiger partial charge in [-0.15, -0.1) is 11.6 Å². The SMILES string of the molecule is COCCN(CCCCCl)C1CC1. The molecule has 2 nitrogen and oxygen atoms in total. The van der Waals surface area contributed by atoms with Gasteiger partial charge in [-0.2, -0.15) is 0 Å². The average molecular weight is 206 g/mol. The molecule has 0 N–H and O–H groups in total. The van der Waals surface area contributed by atoms with Gasteiger partial charge < -0.3 is 4.74 Å². The largest absolute Gasteiger partial charge is 0.383 e. The van der Waals surface area contributed by atoms with Gasteiger partial charge in [-0.25, -0.2) is 0 Å². The van der Waals surface area contributed by atoms with Crippen molar-refractivity contribution in [2.24, 2.45) is 0 Å². The Labute approximate surface area is 86.2 Å². The van der Waals surface area contributed by atoms with E-state index in [1.807, 2.05) is 0 Å². The summed E-state index contributed by atoms with van der Waals surface area (Å²) in [4.78, 5) is 2.54. The Hall–Kier alpha value is 0.210. The van der Waals surface area contributed by atoms with Crippen molar-refractivity contribution in [1.82, 2.24) is 4.90 Å². The van der Waals surface area contributed by atoms with Crippen molar-refractivity contribution >= 4 is 11.6 Å². The number of alkyl halides is 1. The molecule has 0 unspecified atom stereocenters. The average Bonchev–Trinajstić information content (AvgIpc) is 2.94. The summed E-state index contributed by atoms with van der Waals surface area (Å²) in [6.07, 6.45) is 5.12. The van der Waals surface area contributed by atoms with Crippen molar-refractivity contribution in [3.8, 4) is 0 Å². The van der Waals surface area contributed by atoms with Crippen LogP contribution in [0.3, 0.4) is 0 Å². The van der Waals surface area contributed by atoms with E-state index in [1.165, 1.54) is 25.8 Å². The van der Waals surface area contributed by atoms with E-state index in [9.17, 15) is 0 Å². The smallest absolute Gasteiger partial charge is 0.0589 e. The van der Waals surface area contributed by atoms with Gasteiger partial charge in [-0.1, -0.05) is 0 Å². The number of ether oxygens (including phenoxy) is 1. The van der Waals surface area contributed by atoms with Gasteiger partial charge in [0.25, 0.3) is 0 Å². The van der Waals surface area contributed by atoms with E-state index in [0.717, 1.165) is 31.5 Å². The fraction of sp³-hybridized carbons (Fsp3) is 1.00. The number of rotatable bonds is 8. The highest BCUT2D eigenvalue weighted by molar-refractivity contribution is 6.17. The van der Waals surface area contributed by atoms with Crippen molar-refractivity contribution in [3.63, 3.8) is 0 Å². The lowest BCUT2D eigenvalue weighted by Crippen LogP contribution is -2.30. The molecule has 78 valence electrons. The van der Waals surface area contributed by atoms with Crippen molar-refractivity contribution in [1.29, 1.82) is 0 Å². The molecular formula is C10H20ClNO. The predicted octanol–water partition coefficient (Wildman–Crippen LogP) is 2.12. The number of halogens is 1. The summed E-state index contributed by atoms with van der Waals surface area (Å²) < 4.78 is 5.09. The first kappa shape index (κ1) is 11.3. The van der Waals surface area contributed by atoms with Gasteiger partial charge in [0.1, 0.15) is 0 Å². The van der Waals surface area contributed by atoms with Crippen molar-refractivity contribution in [2.75, 3.05) is 32.7 Å².